The lowest BCUT2D eigenvalue weighted by Crippen LogP contribution is -2.37. The van der Waals surface area contributed by atoms with Gasteiger partial charge in [-0.2, -0.15) is 5.10 Å². The highest BCUT2D eigenvalue weighted by molar-refractivity contribution is 6.30. The van der Waals surface area contributed by atoms with Gasteiger partial charge >= 0.3 is 0 Å². The van der Waals surface area contributed by atoms with Crippen LogP contribution in [-0.2, 0) is 0 Å². The van der Waals surface area contributed by atoms with Crippen molar-refractivity contribution in [3.8, 4) is 0 Å². The predicted octanol–water partition coefficient (Wildman–Crippen LogP) is 1.57. The first-order chi connectivity index (χ1) is 11.0. The molecule has 23 heavy (non-hydrogen) atoms. The Morgan fingerprint density at radius 2 is 2.22 bits per heavy atom. The van der Waals surface area contributed by atoms with Gasteiger partial charge in [0.15, 0.2) is 0 Å². The van der Waals surface area contributed by atoms with Crippen molar-refractivity contribution in [2.24, 2.45) is 0 Å². The number of H-pyrrole nitrogens is 1. The Morgan fingerprint density at radius 3 is 2.91 bits per heavy atom. The average Bonchev–Trinajstić information content (AvgIpc) is 2.99. The van der Waals surface area contributed by atoms with Gasteiger partial charge in [0, 0.05) is 30.9 Å². The molecule has 0 unspecified atom stereocenters. The molecule has 1 saturated heterocycles. The van der Waals surface area contributed by atoms with Gasteiger partial charge in [-0.15, -0.1) is 0 Å². The van der Waals surface area contributed by atoms with Crippen LogP contribution >= 0.6 is 11.6 Å². The van der Waals surface area contributed by atoms with E-state index in [-0.39, 0.29) is 28.2 Å². The van der Waals surface area contributed by atoms with Crippen LogP contribution < -0.4 is 15.8 Å². The lowest BCUT2D eigenvalue weighted by atomic mass is 10.2. The maximum Gasteiger partial charge on any atom is 0.271 e. The third-order valence-electron chi connectivity index (χ3n) is 3.70. The maximum atomic E-state index is 13.5. The minimum absolute atomic E-state index is 0.0741. The summed E-state index contributed by atoms with van der Waals surface area (Å²) >= 11 is 5.68. The lowest BCUT2D eigenvalue weighted by Gasteiger charge is -2.19. The number of carbonyl (C=O) groups excluding carboxylic acids is 1. The van der Waals surface area contributed by atoms with Crippen molar-refractivity contribution in [3.05, 3.63) is 57.2 Å². The molecule has 2 N–H and O–H groups in total. The van der Waals surface area contributed by atoms with Crippen LogP contribution in [0, 0.1) is 5.82 Å². The van der Waals surface area contributed by atoms with E-state index in [1.54, 1.807) is 6.07 Å². The van der Waals surface area contributed by atoms with Gasteiger partial charge < -0.3 is 10.2 Å². The number of hydrogen-bond acceptors (Lipinski definition) is 4. The molecule has 0 radical (unpaired) electrons. The van der Waals surface area contributed by atoms with Gasteiger partial charge in [0.05, 0.1) is 5.02 Å². The standard InChI is InChI=1S/C15H14ClFN4O2/c16-11-2-1-10(7-12(11)17)21-6-5-9(8-21)18-15(23)13-3-4-14(22)20-19-13/h1-4,7,9H,5-6,8H2,(H,18,23)(H,20,22)/t9-/m1/s1. The van der Waals surface area contributed by atoms with E-state index in [9.17, 15) is 14.0 Å². The van der Waals surface area contributed by atoms with Gasteiger partial charge in [-0.25, -0.2) is 9.49 Å². The Kier molecular flexibility index (Phi) is 4.29. The number of aromatic nitrogens is 2. The third-order valence-corrected chi connectivity index (χ3v) is 4.01. The van der Waals surface area contributed by atoms with E-state index in [0.717, 1.165) is 12.1 Å². The molecular formula is C15H14ClFN4O2. The van der Waals surface area contributed by atoms with Crippen molar-refractivity contribution in [2.45, 2.75) is 12.5 Å². The Bertz CT molecular complexity index is 775. The number of aromatic amines is 1. The largest absolute Gasteiger partial charge is 0.369 e. The van der Waals surface area contributed by atoms with Gasteiger partial charge in [0.25, 0.3) is 11.5 Å². The predicted molar refractivity (Wildman–Crippen MR) is 84.4 cm³/mol. The normalized spacial score (nSPS) is 17.3. The van der Waals surface area contributed by atoms with Crippen molar-refractivity contribution in [3.63, 3.8) is 0 Å². The zero-order chi connectivity index (χ0) is 16.4. The minimum atomic E-state index is -0.464. The van der Waals surface area contributed by atoms with E-state index >= 15 is 0 Å². The molecule has 6 nitrogen and oxygen atoms in total. The molecule has 0 saturated carbocycles. The zero-order valence-corrected chi connectivity index (χ0v) is 12.8. The van der Waals surface area contributed by atoms with Crippen LogP contribution in [0.2, 0.25) is 5.02 Å². The van der Waals surface area contributed by atoms with Crippen molar-refractivity contribution < 1.29 is 9.18 Å². The first-order valence-electron chi connectivity index (χ1n) is 7.09. The molecule has 1 amide bonds. The first-order valence-corrected chi connectivity index (χ1v) is 7.47. The number of carbonyl (C=O) groups is 1. The van der Waals surface area contributed by atoms with Crippen LogP contribution in [0.3, 0.4) is 0 Å². The maximum absolute atomic E-state index is 13.5. The molecule has 2 heterocycles. The molecular weight excluding hydrogens is 323 g/mol. The summed E-state index contributed by atoms with van der Waals surface area (Å²) in [6.45, 7) is 1.27. The van der Waals surface area contributed by atoms with Crippen LogP contribution in [0.15, 0.2) is 35.1 Å². The van der Waals surface area contributed by atoms with Crippen LogP contribution in [0.4, 0.5) is 10.1 Å². The molecule has 120 valence electrons. The number of benzene rings is 1. The van der Waals surface area contributed by atoms with Gasteiger partial charge in [0.2, 0.25) is 0 Å². The number of rotatable bonds is 3. The Balaban J connectivity index is 1.63. The monoisotopic (exact) mass is 336 g/mol. The SMILES string of the molecule is O=C(N[C@@H]1CCN(c2ccc(Cl)c(F)c2)C1)c1ccc(=O)[nH]n1. The van der Waals surface area contributed by atoms with E-state index in [4.69, 9.17) is 11.6 Å². The highest BCUT2D eigenvalue weighted by Crippen LogP contribution is 2.25. The summed E-state index contributed by atoms with van der Waals surface area (Å²) in [6.07, 6.45) is 0.735. The van der Waals surface area contributed by atoms with Crippen molar-refractivity contribution in [1.82, 2.24) is 15.5 Å². The summed E-state index contributed by atoms with van der Waals surface area (Å²) in [5, 5.41) is 8.85. The molecule has 2 aromatic rings. The Labute approximate surface area is 136 Å². The lowest BCUT2D eigenvalue weighted by molar-refractivity contribution is 0.0934. The number of halogens is 2. The zero-order valence-electron chi connectivity index (χ0n) is 12.1. The summed E-state index contributed by atoms with van der Waals surface area (Å²) in [5.74, 6) is -0.815. The second-order valence-electron chi connectivity index (χ2n) is 5.31. The third kappa shape index (κ3) is 3.50. The molecule has 1 aliphatic heterocycles. The fraction of sp³-hybridized carbons (Fsp3) is 0.267. The molecule has 1 atom stereocenters. The number of hydrogen-bond donors (Lipinski definition) is 2. The van der Waals surface area contributed by atoms with E-state index in [2.05, 4.69) is 15.5 Å². The van der Waals surface area contributed by atoms with E-state index in [0.29, 0.717) is 13.1 Å². The number of anilines is 1. The van der Waals surface area contributed by atoms with E-state index < -0.39 is 5.82 Å². The summed E-state index contributed by atoms with van der Waals surface area (Å²) in [4.78, 5) is 25.0. The fourth-order valence-corrected chi connectivity index (χ4v) is 2.64. The average molecular weight is 337 g/mol. The highest BCUT2D eigenvalue weighted by Gasteiger charge is 2.25. The number of nitrogens with one attached hydrogen (secondary N) is 2. The second-order valence-corrected chi connectivity index (χ2v) is 5.72. The highest BCUT2D eigenvalue weighted by atomic mass is 35.5. The Hall–Kier alpha value is -2.41. The fourth-order valence-electron chi connectivity index (χ4n) is 2.52. The van der Waals surface area contributed by atoms with Gasteiger partial charge in [-0.1, -0.05) is 11.6 Å². The van der Waals surface area contributed by atoms with Gasteiger partial charge in [0.1, 0.15) is 11.5 Å². The summed E-state index contributed by atoms with van der Waals surface area (Å²) < 4.78 is 13.5. The summed E-state index contributed by atoms with van der Waals surface area (Å²) in [5.41, 5.74) is 0.518. The summed E-state index contributed by atoms with van der Waals surface area (Å²) in [7, 11) is 0. The molecule has 0 aliphatic carbocycles. The van der Waals surface area contributed by atoms with Crippen molar-refractivity contribution in [2.75, 3.05) is 18.0 Å². The second kappa shape index (κ2) is 6.37. The molecule has 1 aromatic heterocycles. The smallest absolute Gasteiger partial charge is 0.271 e. The number of nitrogens with zero attached hydrogens (tertiary/aromatic N) is 2. The number of amides is 1. The van der Waals surface area contributed by atoms with Crippen molar-refractivity contribution in [1.29, 1.82) is 0 Å². The van der Waals surface area contributed by atoms with Gasteiger partial charge in [-0.05, 0) is 30.7 Å². The molecule has 1 aliphatic rings. The Morgan fingerprint density at radius 1 is 1.39 bits per heavy atom. The quantitative estimate of drug-likeness (QED) is 0.892. The van der Waals surface area contributed by atoms with Crippen molar-refractivity contribution >= 4 is 23.2 Å². The van der Waals surface area contributed by atoms with Gasteiger partial charge in [-0.3, -0.25) is 9.59 Å². The minimum Gasteiger partial charge on any atom is -0.369 e. The van der Waals surface area contributed by atoms with Crippen LogP contribution in [0.1, 0.15) is 16.9 Å². The molecule has 3 rings (SSSR count). The van der Waals surface area contributed by atoms with Crippen LogP contribution in [0.25, 0.3) is 0 Å². The first kappa shape index (κ1) is 15.5. The van der Waals surface area contributed by atoms with E-state index in [1.165, 1.54) is 24.3 Å². The molecule has 0 bridgehead atoms. The van der Waals surface area contributed by atoms with Crippen LogP contribution in [-0.4, -0.2) is 35.2 Å². The summed E-state index contributed by atoms with van der Waals surface area (Å²) in [6, 6.07) is 7.20. The van der Waals surface area contributed by atoms with Crippen LogP contribution in [0.5, 0.6) is 0 Å². The van der Waals surface area contributed by atoms with E-state index in [1.807, 2.05) is 4.90 Å². The molecule has 1 aromatic carbocycles. The molecule has 0 spiro atoms. The molecule has 1 fully saturated rings. The molecule has 8 heteroatoms. The topological polar surface area (TPSA) is 78.1 Å².